The summed E-state index contributed by atoms with van der Waals surface area (Å²) in [6.07, 6.45) is 0.523. The molecular formula is C24H21BrCl2N2O7. The van der Waals surface area contributed by atoms with E-state index in [0.29, 0.717) is 16.0 Å². The normalized spacial score (nSPS) is 35.4. The molecule has 2 aliphatic heterocycles. The molecule has 2 saturated heterocycles. The first-order valence-electron chi connectivity index (χ1n) is 11.2. The fraction of sp³-hybridized carbons (Fsp3) is 0.458. The summed E-state index contributed by atoms with van der Waals surface area (Å²) in [5.74, 6) is -6.76. The quantitative estimate of drug-likeness (QED) is 0.240. The topological polar surface area (TPSA) is 121 Å². The molecule has 36 heavy (non-hydrogen) atoms. The molecule has 12 heteroatoms. The number of alkyl halides is 3. The number of allylic oxidation sites excluding steroid dienone is 2. The average molecular weight is 600 g/mol. The number of para-hydroxylation sites is 1. The number of phenols is 1. The van der Waals surface area contributed by atoms with Gasteiger partial charge in [-0.25, -0.2) is 4.79 Å². The predicted molar refractivity (Wildman–Crippen MR) is 130 cm³/mol. The van der Waals surface area contributed by atoms with Crippen LogP contribution in [0, 0.1) is 24.7 Å². The number of methoxy groups -OCH3 is 1. The molecule has 9 nitrogen and oxygen atoms in total. The number of imide groups is 4. The molecule has 1 aromatic rings. The number of benzene rings is 1. The average Bonchev–Trinajstić information content (AvgIpc) is 3.19. The van der Waals surface area contributed by atoms with Gasteiger partial charge in [0.15, 0.2) is 9.75 Å². The van der Waals surface area contributed by atoms with Crippen molar-refractivity contribution in [3.05, 3.63) is 41.0 Å². The van der Waals surface area contributed by atoms with Crippen molar-refractivity contribution in [2.24, 2.45) is 17.8 Å². The minimum absolute atomic E-state index is 0.101. The fourth-order valence-corrected chi connectivity index (χ4v) is 7.70. The third-order valence-corrected chi connectivity index (χ3v) is 9.87. The zero-order valence-electron chi connectivity index (χ0n) is 19.2. The van der Waals surface area contributed by atoms with Crippen molar-refractivity contribution in [2.75, 3.05) is 12.6 Å². The number of carbonyl (C=O) groups is 5. The Labute approximate surface area is 224 Å². The highest BCUT2D eigenvalue weighted by Crippen LogP contribution is 2.66. The van der Waals surface area contributed by atoms with Gasteiger partial charge in [0, 0.05) is 11.5 Å². The minimum atomic E-state index is -2.01. The first kappa shape index (κ1) is 25.2. The Balaban J connectivity index is 1.74. The van der Waals surface area contributed by atoms with Crippen LogP contribution in [0.4, 0.5) is 4.79 Å². The van der Waals surface area contributed by atoms with Crippen LogP contribution in [0.2, 0.25) is 0 Å². The van der Waals surface area contributed by atoms with Gasteiger partial charge in [0.2, 0.25) is 11.8 Å². The third kappa shape index (κ3) is 2.92. The summed E-state index contributed by atoms with van der Waals surface area (Å²) >= 11 is 17.3. The van der Waals surface area contributed by atoms with E-state index in [9.17, 15) is 29.1 Å². The number of aromatic hydroxyl groups is 1. The van der Waals surface area contributed by atoms with Crippen LogP contribution in [0.5, 0.6) is 5.75 Å². The van der Waals surface area contributed by atoms with Gasteiger partial charge in [-0.1, -0.05) is 45.8 Å². The summed E-state index contributed by atoms with van der Waals surface area (Å²) < 4.78 is 4.64. The molecule has 6 atom stereocenters. The number of amides is 5. The van der Waals surface area contributed by atoms with E-state index in [4.69, 9.17) is 23.2 Å². The lowest BCUT2D eigenvalue weighted by atomic mass is 9.56. The van der Waals surface area contributed by atoms with Gasteiger partial charge in [0.1, 0.15) is 5.75 Å². The highest BCUT2D eigenvalue weighted by atomic mass is 79.9. The molecule has 5 amide bonds. The number of hydrogen-bond donors (Lipinski definition) is 1. The monoisotopic (exact) mass is 598 g/mol. The standard InChI is InChI=1S/C24H21BrCl2N2O7/c1-10-4-3-5-13(17(10)30)16-11-6-7-12-15(19(32)29(18(12)31)22(35)36-2)14(11)8-23(26)20(33)28(9-25)21(34)24(16,23)27/h3-6,12,14-16,30H,7-9H2,1-2H3. The number of halogens is 3. The number of carbonyl (C=O) groups excluding carboxylic acids is 5. The van der Waals surface area contributed by atoms with E-state index in [1.165, 1.54) is 0 Å². The second-order valence-corrected chi connectivity index (χ2v) is 11.2. The minimum Gasteiger partial charge on any atom is -0.507 e. The first-order valence-corrected chi connectivity index (χ1v) is 13.1. The van der Waals surface area contributed by atoms with Crippen molar-refractivity contribution in [1.82, 2.24) is 9.80 Å². The molecule has 4 aliphatic rings. The lowest BCUT2D eigenvalue weighted by molar-refractivity contribution is -0.140. The van der Waals surface area contributed by atoms with Gasteiger partial charge in [0.25, 0.3) is 11.8 Å². The fourth-order valence-electron chi connectivity index (χ4n) is 6.28. The van der Waals surface area contributed by atoms with Crippen LogP contribution < -0.4 is 0 Å². The molecule has 0 bridgehead atoms. The molecule has 1 saturated carbocycles. The van der Waals surface area contributed by atoms with Crippen LogP contribution in [0.1, 0.15) is 29.9 Å². The molecular weight excluding hydrogens is 579 g/mol. The van der Waals surface area contributed by atoms with Crippen LogP contribution in [-0.4, -0.2) is 66.9 Å². The van der Waals surface area contributed by atoms with Gasteiger partial charge < -0.3 is 9.84 Å². The zero-order valence-corrected chi connectivity index (χ0v) is 22.3. The van der Waals surface area contributed by atoms with Crippen molar-refractivity contribution in [3.63, 3.8) is 0 Å². The maximum Gasteiger partial charge on any atom is 0.423 e. The van der Waals surface area contributed by atoms with Gasteiger partial charge in [0.05, 0.1) is 24.4 Å². The molecule has 2 aliphatic carbocycles. The van der Waals surface area contributed by atoms with Crippen molar-refractivity contribution < 1.29 is 33.8 Å². The number of phenolic OH excluding ortho intramolecular Hbond substituents is 1. The predicted octanol–water partition coefficient (Wildman–Crippen LogP) is 3.18. The van der Waals surface area contributed by atoms with E-state index >= 15 is 0 Å². The van der Waals surface area contributed by atoms with E-state index in [2.05, 4.69) is 20.7 Å². The number of nitrogens with zero attached hydrogens (tertiary/aromatic N) is 2. The van der Waals surface area contributed by atoms with E-state index in [1.807, 2.05) is 0 Å². The summed E-state index contributed by atoms with van der Waals surface area (Å²) in [6, 6.07) is 4.96. The number of ether oxygens (including phenoxy) is 1. The van der Waals surface area contributed by atoms with Crippen molar-refractivity contribution in [2.45, 2.75) is 35.4 Å². The van der Waals surface area contributed by atoms with Crippen LogP contribution in [-0.2, 0) is 23.9 Å². The molecule has 190 valence electrons. The lowest BCUT2D eigenvalue weighted by Gasteiger charge is -2.50. The van der Waals surface area contributed by atoms with E-state index in [1.54, 1.807) is 31.2 Å². The summed E-state index contributed by atoms with van der Waals surface area (Å²) in [6.45, 7) is 1.68. The second kappa shape index (κ2) is 8.29. The van der Waals surface area contributed by atoms with Crippen molar-refractivity contribution in [1.29, 1.82) is 0 Å². The van der Waals surface area contributed by atoms with Gasteiger partial charge in [-0.05, 0) is 31.2 Å². The highest BCUT2D eigenvalue weighted by molar-refractivity contribution is 9.09. The SMILES string of the molecule is COC(=O)N1C(=O)C2CC=C3C(CC4(Cl)C(=O)N(CBr)C(=O)C4(Cl)C3c3cccc(C)c3O)C2C1=O. The number of likely N-dealkylation sites (tertiary alicyclic amines) is 2. The number of fused-ring (bicyclic) bond motifs is 4. The molecule has 1 N–H and O–H groups in total. The molecule has 2 heterocycles. The summed E-state index contributed by atoms with van der Waals surface area (Å²) in [7, 11) is 1.07. The van der Waals surface area contributed by atoms with Gasteiger partial charge >= 0.3 is 6.09 Å². The number of aryl methyl sites for hydroxylation is 1. The third-order valence-electron chi connectivity index (χ3n) is 7.95. The Morgan fingerprint density at radius 3 is 2.50 bits per heavy atom. The molecule has 1 aromatic carbocycles. The smallest absolute Gasteiger partial charge is 0.423 e. The summed E-state index contributed by atoms with van der Waals surface area (Å²) in [4.78, 5) is 63.2. The Kier molecular flexibility index (Phi) is 5.81. The molecule has 0 radical (unpaired) electrons. The van der Waals surface area contributed by atoms with Crippen LogP contribution in [0.3, 0.4) is 0 Å². The highest BCUT2D eigenvalue weighted by Gasteiger charge is 2.76. The summed E-state index contributed by atoms with van der Waals surface area (Å²) in [5.41, 5.74) is 1.17. The largest absolute Gasteiger partial charge is 0.507 e. The Hall–Kier alpha value is -2.43. The molecule has 5 rings (SSSR count). The van der Waals surface area contributed by atoms with Crippen molar-refractivity contribution in [3.8, 4) is 5.75 Å². The van der Waals surface area contributed by atoms with E-state index < -0.39 is 63.1 Å². The van der Waals surface area contributed by atoms with Gasteiger partial charge in [-0.15, -0.1) is 23.2 Å². The van der Waals surface area contributed by atoms with Crippen LogP contribution >= 0.6 is 39.1 Å². The Bertz CT molecular complexity index is 1280. The maximum atomic E-state index is 13.6. The van der Waals surface area contributed by atoms with Crippen molar-refractivity contribution >= 4 is 68.9 Å². The molecule has 6 unspecified atom stereocenters. The number of rotatable bonds is 2. The van der Waals surface area contributed by atoms with Gasteiger partial charge in [-0.2, -0.15) is 4.90 Å². The van der Waals surface area contributed by atoms with Crippen LogP contribution in [0.25, 0.3) is 0 Å². The lowest BCUT2D eigenvalue weighted by Crippen LogP contribution is -2.60. The van der Waals surface area contributed by atoms with E-state index in [0.717, 1.165) is 12.0 Å². The Morgan fingerprint density at radius 1 is 1.17 bits per heavy atom. The van der Waals surface area contributed by atoms with Crippen LogP contribution in [0.15, 0.2) is 29.8 Å². The van der Waals surface area contributed by atoms with E-state index in [-0.39, 0.29) is 29.6 Å². The summed E-state index contributed by atoms with van der Waals surface area (Å²) in [5, 5.41) is 11.0. The number of hydrogen-bond acceptors (Lipinski definition) is 7. The molecule has 0 spiro atoms. The molecule has 0 aromatic heterocycles. The molecule has 3 fully saturated rings. The van der Waals surface area contributed by atoms with Gasteiger partial charge in [-0.3, -0.25) is 24.1 Å². The second-order valence-electron chi connectivity index (χ2n) is 9.48. The Morgan fingerprint density at radius 2 is 1.86 bits per heavy atom. The first-order chi connectivity index (χ1) is 16.9. The maximum absolute atomic E-state index is 13.6. The zero-order chi connectivity index (χ0) is 26.3.